The predicted molar refractivity (Wildman–Crippen MR) is 129 cm³/mol. The van der Waals surface area contributed by atoms with Crippen molar-refractivity contribution in [2.24, 2.45) is 0 Å². The summed E-state index contributed by atoms with van der Waals surface area (Å²) in [4.78, 5) is 15.3. The number of anilines is 1. The van der Waals surface area contributed by atoms with Crippen molar-refractivity contribution in [1.29, 1.82) is 0 Å². The molecule has 33 heavy (non-hydrogen) atoms. The first-order valence-corrected chi connectivity index (χ1v) is 12.5. The highest BCUT2D eigenvalue weighted by molar-refractivity contribution is 7.89. The molecule has 1 atom stereocenters. The highest BCUT2D eigenvalue weighted by Crippen LogP contribution is 2.32. The first kappa shape index (κ1) is 23.0. The molecule has 0 bridgehead atoms. The molecule has 0 saturated carbocycles. The van der Waals surface area contributed by atoms with Crippen molar-refractivity contribution in [3.05, 3.63) is 90.0 Å². The number of rotatable bonds is 8. The number of carbonyl (C=O) groups excluding carboxylic acids is 1. The average molecular weight is 465 g/mol. The van der Waals surface area contributed by atoms with Crippen LogP contribution in [0.3, 0.4) is 0 Å². The molecule has 0 aliphatic carbocycles. The molecule has 3 aromatic rings. The maximum Gasteiger partial charge on any atom is 0.243 e. The number of fused-ring (bicyclic) bond motifs is 1. The van der Waals surface area contributed by atoms with Gasteiger partial charge in [-0.3, -0.25) is 4.79 Å². The van der Waals surface area contributed by atoms with E-state index in [9.17, 15) is 13.2 Å². The van der Waals surface area contributed by atoms with E-state index in [1.807, 2.05) is 68.4 Å². The number of ether oxygens (including phenoxy) is 1. The zero-order valence-electron chi connectivity index (χ0n) is 18.8. The van der Waals surface area contributed by atoms with E-state index in [4.69, 9.17) is 4.74 Å². The summed E-state index contributed by atoms with van der Waals surface area (Å²) in [6, 6.07) is 23.4. The first-order chi connectivity index (χ1) is 15.9. The molecule has 172 valence electrons. The number of para-hydroxylation sites is 1. The molecule has 0 fully saturated rings. The van der Waals surface area contributed by atoms with Crippen molar-refractivity contribution in [3.63, 3.8) is 0 Å². The minimum absolute atomic E-state index is 0.0262. The smallest absolute Gasteiger partial charge is 0.243 e. The number of nitrogens with zero attached hydrogens (tertiary/aromatic N) is 2. The number of carbonyl (C=O) groups is 1. The highest BCUT2D eigenvalue weighted by Gasteiger charge is 2.34. The summed E-state index contributed by atoms with van der Waals surface area (Å²) in [6.45, 7) is 4.21. The Morgan fingerprint density at radius 1 is 1.00 bits per heavy atom. The van der Waals surface area contributed by atoms with Gasteiger partial charge in [0, 0.05) is 18.3 Å². The van der Waals surface area contributed by atoms with Crippen molar-refractivity contribution in [3.8, 4) is 5.75 Å². The molecule has 1 amide bonds. The Morgan fingerprint density at radius 2 is 1.67 bits per heavy atom. The van der Waals surface area contributed by atoms with Crippen LogP contribution in [-0.4, -0.2) is 37.8 Å². The molecule has 0 N–H and O–H groups in total. The molecule has 1 aliphatic rings. The van der Waals surface area contributed by atoms with Gasteiger partial charge < -0.3 is 9.64 Å². The van der Waals surface area contributed by atoms with Gasteiger partial charge in [0.25, 0.3) is 0 Å². The zero-order chi connectivity index (χ0) is 23.4. The van der Waals surface area contributed by atoms with E-state index in [1.165, 1.54) is 16.4 Å². The van der Waals surface area contributed by atoms with E-state index in [0.717, 1.165) is 23.2 Å². The Kier molecular flexibility index (Phi) is 6.81. The van der Waals surface area contributed by atoms with Crippen LogP contribution in [0.4, 0.5) is 5.69 Å². The fourth-order valence-electron chi connectivity index (χ4n) is 4.21. The molecule has 1 aliphatic heterocycles. The maximum absolute atomic E-state index is 13.6. The van der Waals surface area contributed by atoms with E-state index in [2.05, 4.69) is 0 Å². The van der Waals surface area contributed by atoms with Crippen LogP contribution >= 0.6 is 0 Å². The lowest BCUT2D eigenvalue weighted by Crippen LogP contribution is -2.44. The minimum Gasteiger partial charge on any atom is -0.494 e. The second-order valence-electron chi connectivity index (χ2n) is 8.11. The lowest BCUT2D eigenvalue weighted by atomic mass is 10.1. The second kappa shape index (κ2) is 9.77. The van der Waals surface area contributed by atoms with Crippen molar-refractivity contribution < 1.29 is 17.9 Å². The van der Waals surface area contributed by atoms with Gasteiger partial charge in [0.05, 0.1) is 18.0 Å². The summed E-state index contributed by atoms with van der Waals surface area (Å²) in [5.41, 5.74) is 2.77. The van der Waals surface area contributed by atoms with Crippen LogP contribution in [0.1, 0.15) is 25.0 Å². The Labute approximate surface area is 195 Å². The van der Waals surface area contributed by atoms with Gasteiger partial charge in [-0.1, -0.05) is 48.5 Å². The van der Waals surface area contributed by atoms with Crippen molar-refractivity contribution in [2.75, 3.05) is 18.1 Å². The Bertz CT molecular complexity index is 1210. The molecule has 0 saturated heterocycles. The van der Waals surface area contributed by atoms with E-state index >= 15 is 0 Å². The second-order valence-corrected chi connectivity index (χ2v) is 10.0. The molecule has 4 rings (SSSR count). The van der Waals surface area contributed by atoms with E-state index < -0.39 is 10.0 Å². The monoisotopic (exact) mass is 464 g/mol. The third kappa shape index (κ3) is 4.94. The summed E-state index contributed by atoms with van der Waals surface area (Å²) in [5, 5.41) is 0. The van der Waals surface area contributed by atoms with E-state index in [0.29, 0.717) is 12.4 Å². The van der Waals surface area contributed by atoms with Crippen molar-refractivity contribution in [1.82, 2.24) is 4.31 Å². The summed E-state index contributed by atoms with van der Waals surface area (Å²) in [5.74, 6) is 0.363. The van der Waals surface area contributed by atoms with Crippen LogP contribution in [0.15, 0.2) is 83.8 Å². The number of hydrogen-bond donors (Lipinski definition) is 0. The summed E-state index contributed by atoms with van der Waals surface area (Å²) < 4.78 is 33.9. The van der Waals surface area contributed by atoms with Crippen molar-refractivity contribution >= 4 is 21.6 Å². The van der Waals surface area contributed by atoms with Gasteiger partial charge in [-0.15, -0.1) is 0 Å². The molecule has 3 aromatic carbocycles. The van der Waals surface area contributed by atoms with Crippen LogP contribution in [0, 0.1) is 0 Å². The van der Waals surface area contributed by atoms with Crippen LogP contribution in [0.25, 0.3) is 0 Å². The Morgan fingerprint density at radius 3 is 2.36 bits per heavy atom. The first-order valence-electron chi connectivity index (χ1n) is 11.1. The number of benzene rings is 3. The number of hydrogen-bond acceptors (Lipinski definition) is 4. The fraction of sp³-hybridized carbons (Fsp3) is 0.269. The van der Waals surface area contributed by atoms with E-state index in [1.54, 1.807) is 17.0 Å². The lowest BCUT2D eigenvalue weighted by molar-refractivity contribution is -0.119. The van der Waals surface area contributed by atoms with Crippen LogP contribution in [-0.2, 0) is 27.8 Å². The van der Waals surface area contributed by atoms with Crippen LogP contribution in [0.5, 0.6) is 5.75 Å². The molecule has 0 aromatic heterocycles. The topological polar surface area (TPSA) is 66.9 Å². The summed E-state index contributed by atoms with van der Waals surface area (Å²) >= 11 is 0. The fourth-order valence-corrected chi connectivity index (χ4v) is 5.59. The molecule has 1 heterocycles. The average Bonchev–Trinajstić information content (AvgIpc) is 3.15. The van der Waals surface area contributed by atoms with Crippen LogP contribution < -0.4 is 9.64 Å². The summed E-state index contributed by atoms with van der Waals surface area (Å²) in [7, 11) is -3.92. The number of sulfonamides is 1. The van der Waals surface area contributed by atoms with E-state index in [-0.39, 0.29) is 29.9 Å². The van der Waals surface area contributed by atoms with Crippen LogP contribution in [0.2, 0.25) is 0 Å². The standard InChI is InChI=1S/C26H28N2O4S/c1-3-32-23-13-15-24(16-14-23)33(30,31)27(18-21-9-5-4-6-10-21)19-26(29)28-20(2)17-22-11-7-8-12-25(22)28/h4-16,20H,3,17-19H2,1-2H3. The highest BCUT2D eigenvalue weighted by atomic mass is 32.2. The van der Waals surface area contributed by atoms with Gasteiger partial charge in [-0.2, -0.15) is 4.31 Å². The Hall–Kier alpha value is -3.16. The largest absolute Gasteiger partial charge is 0.494 e. The molecular weight excluding hydrogens is 436 g/mol. The van der Waals surface area contributed by atoms with Gasteiger partial charge in [0.2, 0.25) is 15.9 Å². The van der Waals surface area contributed by atoms with Crippen molar-refractivity contribution in [2.45, 2.75) is 37.8 Å². The van der Waals surface area contributed by atoms with Gasteiger partial charge in [0.15, 0.2) is 0 Å². The molecule has 1 unspecified atom stereocenters. The quantitative estimate of drug-likeness (QED) is 0.500. The third-order valence-electron chi connectivity index (χ3n) is 5.76. The molecule has 6 nitrogen and oxygen atoms in total. The molecule has 0 radical (unpaired) electrons. The van der Waals surface area contributed by atoms with Gasteiger partial charge in [-0.25, -0.2) is 8.42 Å². The normalized spacial score (nSPS) is 15.5. The maximum atomic E-state index is 13.6. The zero-order valence-corrected chi connectivity index (χ0v) is 19.7. The molecule has 0 spiro atoms. The lowest BCUT2D eigenvalue weighted by Gasteiger charge is -2.27. The Balaban J connectivity index is 1.64. The third-order valence-corrected chi connectivity index (χ3v) is 7.57. The molecule has 7 heteroatoms. The van der Waals surface area contributed by atoms with Gasteiger partial charge in [-0.05, 0) is 61.7 Å². The van der Waals surface area contributed by atoms with Gasteiger partial charge >= 0.3 is 0 Å². The molecular formula is C26H28N2O4S. The van der Waals surface area contributed by atoms with Gasteiger partial charge in [0.1, 0.15) is 5.75 Å². The SMILES string of the molecule is CCOc1ccc(S(=O)(=O)N(CC(=O)N2c3ccccc3CC2C)Cc2ccccc2)cc1. The number of amides is 1. The minimum atomic E-state index is -3.92. The summed E-state index contributed by atoms with van der Waals surface area (Å²) in [6.07, 6.45) is 0.756. The predicted octanol–water partition coefficient (Wildman–Crippen LogP) is 4.25.